The average Bonchev–Trinajstić information content (AvgIpc) is 2.58. The molecule has 1 aromatic carbocycles. The number of carbonyl (C=O) groups is 1. The first kappa shape index (κ1) is 10.7. The number of aryl methyl sites for hydroxylation is 1. The molecular formula is C11H10ClN3O. The molecule has 3 N–H and O–H groups in total. The van der Waals surface area contributed by atoms with Gasteiger partial charge in [-0.05, 0) is 19.1 Å². The van der Waals surface area contributed by atoms with Crippen LogP contribution in [-0.4, -0.2) is 15.9 Å². The molecule has 1 heterocycles. The maximum absolute atomic E-state index is 10.9. The molecule has 2 aromatic rings. The van der Waals surface area contributed by atoms with Gasteiger partial charge in [0.25, 0.3) is 0 Å². The van der Waals surface area contributed by atoms with Gasteiger partial charge < -0.3 is 10.7 Å². The van der Waals surface area contributed by atoms with Crippen molar-refractivity contribution >= 4 is 17.5 Å². The third kappa shape index (κ3) is 1.92. The Hall–Kier alpha value is -1.81. The average molecular weight is 236 g/mol. The number of nitrogens with one attached hydrogen (secondary N) is 1. The third-order valence-electron chi connectivity index (χ3n) is 2.22. The minimum absolute atomic E-state index is 0.448. The van der Waals surface area contributed by atoms with Crippen LogP contribution in [0.4, 0.5) is 0 Å². The molecule has 0 radical (unpaired) electrons. The Bertz CT molecular complexity index is 531. The summed E-state index contributed by atoms with van der Waals surface area (Å²) in [7, 11) is 0. The number of carbonyl (C=O) groups excluding carboxylic acids is 1. The first-order chi connectivity index (χ1) is 7.58. The van der Waals surface area contributed by atoms with Crippen LogP contribution in [-0.2, 0) is 0 Å². The standard InChI is InChI=1S/C11H10ClN3O/c1-6-14-9(10(12)15-6)7-2-4-8(5-3-7)11(13)16/h2-5H,1H3,(H2,13,16)(H,14,15). The van der Waals surface area contributed by atoms with E-state index in [4.69, 9.17) is 17.3 Å². The molecule has 0 aliphatic heterocycles. The van der Waals surface area contributed by atoms with Crippen molar-refractivity contribution in [2.75, 3.05) is 0 Å². The number of benzene rings is 1. The second-order valence-corrected chi connectivity index (χ2v) is 3.80. The Morgan fingerprint density at radius 2 is 2.00 bits per heavy atom. The van der Waals surface area contributed by atoms with Gasteiger partial charge in [0.2, 0.25) is 5.91 Å². The number of halogens is 1. The maximum Gasteiger partial charge on any atom is 0.248 e. The van der Waals surface area contributed by atoms with Gasteiger partial charge in [-0.25, -0.2) is 4.98 Å². The molecule has 5 heteroatoms. The number of H-pyrrole nitrogens is 1. The Labute approximate surface area is 97.5 Å². The number of aromatic nitrogens is 2. The Morgan fingerprint density at radius 3 is 2.44 bits per heavy atom. The van der Waals surface area contributed by atoms with Crippen molar-refractivity contribution in [1.82, 2.24) is 9.97 Å². The minimum atomic E-state index is -0.448. The maximum atomic E-state index is 10.9. The molecule has 0 unspecified atom stereocenters. The van der Waals surface area contributed by atoms with Gasteiger partial charge in [0.05, 0.1) is 0 Å². The van der Waals surface area contributed by atoms with Crippen LogP contribution < -0.4 is 5.73 Å². The molecule has 82 valence electrons. The predicted octanol–water partition coefficient (Wildman–Crippen LogP) is 2.14. The first-order valence-electron chi connectivity index (χ1n) is 4.70. The summed E-state index contributed by atoms with van der Waals surface area (Å²) >= 11 is 5.97. The highest BCUT2D eigenvalue weighted by Crippen LogP contribution is 2.25. The molecule has 0 saturated carbocycles. The van der Waals surface area contributed by atoms with Crippen LogP contribution >= 0.6 is 11.6 Å². The van der Waals surface area contributed by atoms with E-state index in [9.17, 15) is 4.79 Å². The number of aromatic amines is 1. The van der Waals surface area contributed by atoms with E-state index in [1.807, 2.05) is 6.92 Å². The van der Waals surface area contributed by atoms with Crippen LogP contribution in [0.2, 0.25) is 5.15 Å². The lowest BCUT2D eigenvalue weighted by Crippen LogP contribution is -2.10. The lowest BCUT2D eigenvalue weighted by atomic mass is 10.1. The topological polar surface area (TPSA) is 71.8 Å². The molecule has 0 aliphatic rings. The summed E-state index contributed by atoms with van der Waals surface area (Å²) < 4.78 is 0. The molecule has 0 fully saturated rings. The summed E-state index contributed by atoms with van der Waals surface area (Å²) in [6.45, 7) is 1.83. The molecule has 0 atom stereocenters. The summed E-state index contributed by atoms with van der Waals surface area (Å²) in [6.07, 6.45) is 0. The monoisotopic (exact) mass is 235 g/mol. The highest BCUT2D eigenvalue weighted by Gasteiger charge is 2.09. The van der Waals surface area contributed by atoms with Gasteiger partial charge in [-0.15, -0.1) is 0 Å². The van der Waals surface area contributed by atoms with Crippen molar-refractivity contribution in [2.45, 2.75) is 6.92 Å². The normalized spacial score (nSPS) is 10.4. The van der Waals surface area contributed by atoms with Gasteiger partial charge in [-0.2, -0.15) is 0 Å². The molecule has 0 spiro atoms. The second kappa shape index (κ2) is 3.98. The van der Waals surface area contributed by atoms with Crippen LogP contribution in [0.1, 0.15) is 16.2 Å². The van der Waals surface area contributed by atoms with Crippen molar-refractivity contribution in [2.24, 2.45) is 5.73 Å². The van der Waals surface area contributed by atoms with Crippen molar-refractivity contribution < 1.29 is 4.79 Å². The van der Waals surface area contributed by atoms with E-state index in [0.29, 0.717) is 16.4 Å². The van der Waals surface area contributed by atoms with Gasteiger partial charge in [0.15, 0.2) is 0 Å². The zero-order valence-electron chi connectivity index (χ0n) is 8.62. The van der Waals surface area contributed by atoms with Crippen molar-refractivity contribution in [3.63, 3.8) is 0 Å². The molecule has 0 aliphatic carbocycles. The van der Waals surface area contributed by atoms with Gasteiger partial charge in [0.1, 0.15) is 16.7 Å². The molecule has 0 bridgehead atoms. The zero-order valence-corrected chi connectivity index (χ0v) is 9.38. The van der Waals surface area contributed by atoms with Crippen LogP contribution in [0, 0.1) is 6.92 Å². The quantitative estimate of drug-likeness (QED) is 0.837. The minimum Gasteiger partial charge on any atom is -0.366 e. The number of nitrogens with zero attached hydrogens (tertiary/aromatic N) is 1. The van der Waals surface area contributed by atoms with E-state index in [1.165, 1.54) is 0 Å². The number of imidazole rings is 1. The second-order valence-electron chi connectivity index (χ2n) is 3.43. The first-order valence-corrected chi connectivity index (χ1v) is 5.08. The lowest BCUT2D eigenvalue weighted by molar-refractivity contribution is 0.100. The van der Waals surface area contributed by atoms with Crippen molar-refractivity contribution in [3.05, 3.63) is 40.8 Å². The number of nitrogens with two attached hydrogens (primary N) is 1. The van der Waals surface area contributed by atoms with Gasteiger partial charge >= 0.3 is 0 Å². The molecular weight excluding hydrogens is 226 g/mol. The number of hydrogen-bond acceptors (Lipinski definition) is 2. The van der Waals surface area contributed by atoms with Crippen LogP contribution in [0.3, 0.4) is 0 Å². The fourth-order valence-electron chi connectivity index (χ4n) is 1.45. The fourth-order valence-corrected chi connectivity index (χ4v) is 1.73. The highest BCUT2D eigenvalue weighted by atomic mass is 35.5. The zero-order chi connectivity index (χ0) is 11.7. The van der Waals surface area contributed by atoms with Crippen LogP contribution in [0.15, 0.2) is 24.3 Å². The summed E-state index contributed by atoms with van der Waals surface area (Å²) in [5.74, 6) is 0.301. The summed E-state index contributed by atoms with van der Waals surface area (Å²) in [5, 5.41) is 0.490. The number of hydrogen-bond donors (Lipinski definition) is 2. The smallest absolute Gasteiger partial charge is 0.248 e. The van der Waals surface area contributed by atoms with E-state index in [2.05, 4.69) is 9.97 Å². The van der Waals surface area contributed by atoms with Gasteiger partial charge in [0, 0.05) is 11.1 Å². The summed E-state index contributed by atoms with van der Waals surface area (Å²) in [4.78, 5) is 18.1. The fraction of sp³-hybridized carbons (Fsp3) is 0.0909. The molecule has 4 nitrogen and oxygen atoms in total. The van der Waals surface area contributed by atoms with Crippen molar-refractivity contribution in [3.8, 4) is 11.3 Å². The van der Waals surface area contributed by atoms with Crippen LogP contribution in [0.25, 0.3) is 11.3 Å². The largest absolute Gasteiger partial charge is 0.366 e. The van der Waals surface area contributed by atoms with E-state index in [-0.39, 0.29) is 0 Å². The Kier molecular flexibility index (Phi) is 2.66. The van der Waals surface area contributed by atoms with E-state index in [0.717, 1.165) is 11.4 Å². The molecule has 16 heavy (non-hydrogen) atoms. The molecule has 0 saturated heterocycles. The number of primary amides is 1. The molecule has 1 amide bonds. The molecule has 2 rings (SSSR count). The van der Waals surface area contributed by atoms with Gasteiger partial charge in [-0.1, -0.05) is 23.7 Å². The predicted molar refractivity (Wildman–Crippen MR) is 62.3 cm³/mol. The Balaban J connectivity index is 2.42. The molecule has 1 aromatic heterocycles. The van der Waals surface area contributed by atoms with Crippen molar-refractivity contribution in [1.29, 1.82) is 0 Å². The van der Waals surface area contributed by atoms with Gasteiger partial charge in [-0.3, -0.25) is 4.79 Å². The lowest BCUT2D eigenvalue weighted by Gasteiger charge is -1.99. The highest BCUT2D eigenvalue weighted by molar-refractivity contribution is 6.31. The summed E-state index contributed by atoms with van der Waals surface area (Å²) in [5.41, 5.74) is 7.14. The van der Waals surface area contributed by atoms with E-state index >= 15 is 0 Å². The van der Waals surface area contributed by atoms with E-state index in [1.54, 1.807) is 24.3 Å². The third-order valence-corrected chi connectivity index (χ3v) is 2.49. The Morgan fingerprint density at radius 1 is 1.38 bits per heavy atom. The van der Waals surface area contributed by atoms with E-state index < -0.39 is 5.91 Å². The number of rotatable bonds is 2. The number of amides is 1. The summed E-state index contributed by atoms with van der Waals surface area (Å²) in [6, 6.07) is 6.83. The SMILES string of the molecule is Cc1nc(-c2ccc(C(N)=O)cc2)c(Cl)[nH]1. The van der Waals surface area contributed by atoms with Crippen LogP contribution in [0.5, 0.6) is 0 Å².